The Labute approximate surface area is 145 Å². The Morgan fingerprint density at radius 2 is 1.88 bits per heavy atom. The van der Waals surface area contributed by atoms with Gasteiger partial charge < -0.3 is 19.9 Å². The van der Waals surface area contributed by atoms with Gasteiger partial charge in [-0.2, -0.15) is 0 Å². The Kier molecular flexibility index (Phi) is 4.83. The topological polar surface area (TPSA) is 53.7 Å². The summed E-state index contributed by atoms with van der Waals surface area (Å²) in [5.74, 6) is 0.275. The molecule has 3 rings (SSSR count). The molecule has 1 aliphatic heterocycles. The van der Waals surface area contributed by atoms with Crippen molar-refractivity contribution in [3.63, 3.8) is 0 Å². The molecular weight excluding hydrogens is 333 g/mol. The van der Waals surface area contributed by atoms with E-state index in [0.29, 0.717) is 42.5 Å². The summed E-state index contributed by atoms with van der Waals surface area (Å²) in [6, 6.07) is 9.79. The SMILES string of the molecule is COc1cc(Cl)ccc1C1(Oc2ccc(N)cc2F)CCOCC1. The van der Waals surface area contributed by atoms with E-state index in [-0.39, 0.29) is 5.75 Å². The first kappa shape index (κ1) is 16.9. The van der Waals surface area contributed by atoms with E-state index in [1.54, 1.807) is 31.4 Å². The Morgan fingerprint density at radius 3 is 2.54 bits per heavy atom. The molecule has 0 aromatic heterocycles. The molecule has 1 aliphatic rings. The summed E-state index contributed by atoms with van der Waals surface area (Å²) in [7, 11) is 1.58. The number of hydrogen-bond donors (Lipinski definition) is 1. The number of rotatable bonds is 4. The van der Waals surface area contributed by atoms with E-state index in [0.717, 1.165) is 5.56 Å². The standard InChI is InChI=1S/C18H19ClFNO3/c1-22-17-10-12(19)2-4-14(17)18(6-8-23-9-7-18)24-16-5-3-13(21)11-15(16)20/h2-5,10-11H,6-9,21H2,1H3. The zero-order chi connectivity index (χ0) is 17.2. The lowest BCUT2D eigenvalue weighted by molar-refractivity contribution is -0.0528. The Bertz CT molecular complexity index is 732. The van der Waals surface area contributed by atoms with Crippen LogP contribution in [0.25, 0.3) is 0 Å². The summed E-state index contributed by atoms with van der Waals surface area (Å²) in [4.78, 5) is 0. The van der Waals surface area contributed by atoms with Crippen LogP contribution in [0.1, 0.15) is 18.4 Å². The van der Waals surface area contributed by atoms with Crippen molar-refractivity contribution in [3.05, 3.63) is 52.8 Å². The highest BCUT2D eigenvalue weighted by Crippen LogP contribution is 2.43. The van der Waals surface area contributed by atoms with Gasteiger partial charge in [-0.15, -0.1) is 0 Å². The predicted octanol–water partition coefficient (Wildman–Crippen LogP) is 4.15. The summed E-state index contributed by atoms with van der Waals surface area (Å²) in [6.07, 6.45) is 1.16. The number of nitrogens with two attached hydrogens (primary N) is 1. The first-order valence-electron chi connectivity index (χ1n) is 7.70. The van der Waals surface area contributed by atoms with Crippen molar-refractivity contribution < 1.29 is 18.6 Å². The van der Waals surface area contributed by atoms with Gasteiger partial charge in [0.25, 0.3) is 0 Å². The van der Waals surface area contributed by atoms with Crippen LogP contribution in [-0.2, 0) is 10.3 Å². The molecule has 1 heterocycles. The van der Waals surface area contributed by atoms with Crippen LogP contribution in [0, 0.1) is 5.82 Å². The molecule has 0 radical (unpaired) electrons. The molecule has 0 unspecified atom stereocenters. The van der Waals surface area contributed by atoms with Gasteiger partial charge in [-0.1, -0.05) is 11.6 Å². The second kappa shape index (κ2) is 6.87. The van der Waals surface area contributed by atoms with E-state index in [1.165, 1.54) is 6.07 Å². The van der Waals surface area contributed by atoms with Gasteiger partial charge in [0.2, 0.25) is 0 Å². The third kappa shape index (κ3) is 3.28. The van der Waals surface area contributed by atoms with Crippen molar-refractivity contribution in [2.75, 3.05) is 26.1 Å². The third-order valence-corrected chi connectivity index (χ3v) is 4.45. The first-order chi connectivity index (χ1) is 11.5. The van der Waals surface area contributed by atoms with Crippen LogP contribution >= 0.6 is 11.6 Å². The Balaban J connectivity index is 2.05. The molecule has 0 aliphatic carbocycles. The van der Waals surface area contributed by atoms with Gasteiger partial charge in [-0.25, -0.2) is 4.39 Å². The Hall–Kier alpha value is -1.98. The molecule has 2 aromatic rings. The minimum absolute atomic E-state index is 0.156. The lowest BCUT2D eigenvalue weighted by Crippen LogP contribution is -2.39. The lowest BCUT2D eigenvalue weighted by atomic mass is 9.85. The molecule has 0 bridgehead atoms. The first-order valence-corrected chi connectivity index (χ1v) is 8.08. The minimum Gasteiger partial charge on any atom is -0.496 e. The second-order valence-corrected chi connectivity index (χ2v) is 6.18. The fourth-order valence-electron chi connectivity index (χ4n) is 2.98. The van der Waals surface area contributed by atoms with Crippen molar-refractivity contribution >= 4 is 17.3 Å². The van der Waals surface area contributed by atoms with Crippen LogP contribution in [0.15, 0.2) is 36.4 Å². The van der Waals surface area contributed by atoms with E-state index in [9.17, 15) is 4.39 Å². The average molecular weight is 352 g/mol. The normalized spacial score (nSPS) is 16.6. The summed E-state index contributed by atoms with van der Waals surface area (Å²) in [5.41, 5.74) is 6.05. The van der Waals surface area contributed by atoms with E-state index >= 15 is 0 Å². The quantitative estimate of drug-likeness (QED) is 0.840. The Morgan fingerprint density at radius 1 is 1.12 bits per heavy atom. The average Bonchev–Trinajstić information content (AvgIpc) is 2.58. The maximum absolute atomic E-state index is 14.2. The molecule has 128 valence electrons. The highest BCUT2D eigenvalue weighted by atomic mass is 35.5. The number of nitrogen functional groups attached to an aromatic ring is 1. The van der Waals surface area contributed by atoms with Crippen LogP contribution in [0.3, 0.4) is 0 Å². The number of anilines is 1. The van der Waals surface area contributed by atoms with Crippen molar-refractivity contribution in [2.45, 2.75) is 18.4 Å². The molecular formula is C18H19ClFNO3. The van der Waals surface area contributed by atoms with Crippen LogP contribution in [0.4, 0.5) is 10.1 Å². The maximum Gasteiger partial charge on any atom is 0.167 e. The second-order valence-electron chi connectivity index (χ2n) is 5.74. The number of ether oxygens (including phenoxy) is 3. The molecule has 0 amide bonds. The summed E-state index contributed by atoms with van der Waals surface area (Å²) >= 11 is 6.06. The van der Waals surface area contributed by atoms with Crippen molar-refractivity contribution in [1.82, 2.24) is 0 Å². The maximum atomic E-state index is 14.2. The summed E-state index contributed by atoms with van der Waals surface area (Å²) < 4.78 is 31.4. The summed E-state index contributed by atoms with van der Waals surface area (Å²) in [6.45, 7) is 1.03. The molecule has 2 N–H and O–H groups in total. The van der Waals surface area contributed by atoms with E-state index in [1.807, 2.05) is 6.07 Å². The van der Waals surface area contributed by atoms with Crippen LogP contribution in [0.2, 0.25) is 5.02 Å². The van der Waals surface area contributed by atoms with Gasteiger partial charge in [-0.3, -0.25) is 0 Å². The molecule has 1 saturated heterocycles. The fourth-order valence-corrected chi connectivity index (χ4v) is 3.14. The zero-order valence-electron chi connectivity index (χ0n) is 13.4. The monoisotopic (exact) mass is 351 g/mol. The van der Waals surface area contributed by atoms with Crippen molar-refractivity contribution in [2.24, 2.45) is 0 Å². The third-order valence-electron chi connectivity index (χ3n) is 4.22. The molecule has 0 saturated carbocycles. The lowest BCUT2D eigenvalue weighted by Gasteiger charge is -2.38. The van der Waals surface area contributed by atoms with Gasteiger partial charge in [0.1, 0.15) is 11.4 Å². The number of hydrogen-bond acceptors (Lipinski definition) is 4. The highest BCUT2D eigenvalue weighted by Gasteiger charge is 2.40. The number of halogens is 2. The molecule has 24 heavy (non-hydrogen) atoms. The smallest absolute Gasteiger partial charge is 0.167 e. The number of methoxy groups -OCH3 is 1. The molecule has 0 atom stereocenters. The van der Waals surface area contributed by atoms with Gasteiger partial charge >= 0.3 is 0 Å². The predicted molar refractivity (Wildman–Crippen MR) is 91.2 cm³/mol. The molecule has 1 fully saturated rings. The van der Waals surface area contributed by atoms with Gasteiger partial charge in [0, 0.05) is 35.2 Å². The van der Waals surface area contributed by atoms with Gasteiger partial charge in [0.15, 0.2) is 11.6 Å². The van der Waals surface area contributed by atoms with Gasteiger partial charge in [0.05, 0.1) is 20.3 Å². The minimum atomic E-state index is -0.745. The van der Waals surface area contributed by atoms with Crippen LogP contribution in [-0.4, -0.2) is 20.3 Å². The molecule has 0 spiro atoms. The van der Waals surface area contributed by atoms with Crippen LogP contribution in [0.5, 0.6) is 11.5 Å². The van der Waals surface area contributed by atoms with Crippen molar-refractivity contribution in [3.8, 4) is 11.5 Å². The molecule has 4 nitrogen and oxygen atoms in total. The van der Waals surface area contributed by atoms with E-state index in [4.69, 9.17) is 31.5 Å². The zero-order valence-corrected chi connectivity index (χ0v) is 14.1. The van der Waals surface area contributed by atoms with Gasteiger partial charge in [-0.05, 0) is 30.3 Å². The highest BCUT2D eigenvalue weighted by molar-refractivity contribution is 6.30. The largest absolute Gasteiger partial charge is 0.496 e. The number of benzene rings is 2. The fraction of sp³-hybridized carbons (Fsp3) is 0.333. The molecule has 2 aromatic carbocycles. The summed E-state index contributed by atoms with van der Waals surface area (Å²) in [5, 5.41) is 0.566. The van der Waals surface area contributed by atoms with E-state index < -0.39 is 11.4 Å². The van der Waals surface area contributed by atoms with Crippen molar-refractivity contribution in [1.29, 1.82) is 0 Å². The molecule has 6 heteroatoms. The van der Waals surface area contributed by atoms with E-state index in [2.05, 4.69) is 0 Å². The van der Waals surface area contributed by atoms with Crippen LogP contribution < -0.4 is 15.2 Å².